The van der Waals surface area contributed by atoms with Crippen LogP contribution in [0.2, 0.25) is 0 Å². The standard InChI is InChI=1S/C10H13N3O3/c1-7(6-11)12-10(14)8-2-4-9(5-3-8)13(15)16/h2-5,7H,6,11H2,1H3,(H,12,14). The molecule has 1 aromatic rings. The number of benzene rings is 1. The summed E-state index contributed by atoms with van der Waals surface area (Å²) in [5, 5.41) is 13.1. The van der Waals surface area contributed by atoms with Crippen molar-refractivity contribution < 1.29 is 9.72 Å². The van der Waals surface area contributed by atoms with Gasteiger partial charge in [0.05, 0.1) is 4.92 Å². The molecule has 86 valence electrons. The van der Waals surface area contributed by atoms with Crippen LogP contribution in [0.25, 0.3) is 0 Å². The van der Waals surface area contributed by atoms with Gasteiger partial charge in [-0.1, -0.05) is 0 Å². The minimum Gasteiger partial charge on any atom is -0.348 e. The summed E-state index contributed by atoms with van der Waals surface area (Å²) in [6.07, 6.45) is 0. The Hall–Kier alpha value is -1.95. The summed E-state index contributed by atoms with van der Waals surface area (Å²) >= 11 is 0. The Morgan fingerprint density at radius 1 is 1.50 bits per heavy atom. The Balaban J connectivity index is 2.74. The van der Waals surface area contributed by atoms with Gasteiger partial charge in [-0.25, -0.2) is 0 Å². The third-order valence-corrected chi connectivity index (χ3v) is 2.07. The number of rotatable bonds is 4. The van der Waals surface area contributed by atoms with Gasteiger partial charge in [0.2, 0.25) is 0 Å². The predicted molar refractivity (Wildman–Crippen MR) is 59.1 cm³/mol. The second-order valence-electron chi connectivity index (χ2n) is 3.41. The van der Waals surface area contributed by atoms with Crippen LogP contribution in [0.1, 0.15) is 17.3 Å². The predicted octanol–water partition coefficient (Wildman–Crippen LogP) is 0.672. The van der Waals surface area contributed by atoms with Gasteiger partial charge in [0.25, 0.3) is 11.6 Å². The SMILES string of the molecule is CC(CN)NC(=O)c1ccc([N+](=O)[O-])cc1. The van der Waals surface area contributed by atoms with Crippen LogP contribution in [0, 0.1) is 10.1 Å². The van der Waals surface area contributed by atoms with Gasteiger partial charge in [-0.05, 0) is 19.1 Å². The molecule has 1 aromatic carbocycles. The fraction of sp³-hybridized carbons (Fsp3) is 0.300. The van der Waals surface area contributed by atoms with Gasteiger partial charge >= 0.3 is 0 Å². The zero-order chi connectivity index (χ0) is 12.1. The van der Waals surface area contributed by atoms with Crippen molar-refractivity contribution in [3.8, 4) is 0 Å². The molecule has 6 nitrogen and oxygen atoms in total. The highest BCUT2D eigenvalue weighted by Gasteiger charge is 2.10. The van der Waals surface area contributed by atoms with E-state index in [0.717, 1.165) is 0 Å². The van der Waals surface area contributed by atoms with E-state index in [1.807, 2.05) is 0 Å². The van der Waals surface area contributed by atoms with Crippen molar-refractivity contribution >= 4 is 11.6 Å². The summed E-state index contributed by atoms with van der Waals surface area (Å²) in [6.45, 7) is 2.13. The summed E-state index contributed by atoms with van der Waals surface area (Å²) in [6, 6.07) is 5.29. The van der Waals surface area contributed by atoms with Crippen molar-refractivity contribution in [3.05, 3.63) is 39.9 Å². The minimum absolute atomic E-state index is 0.0385. The van der Waals surface area contributed by atoms with Crippen molar-refractivity contribution in [2.24, 2.45) is 5.73 Å². The Bertz CT molecular complexity index is 389. The number of nitro groups is 1. The number of carbonyl (C=O) groups is 1. The van der Waals surface area contributed by atoms with E-state index >= 15 is 0 Å². The van der Waals surface area contributed by atoms with Gasteiger partial charge in [-0.2, -0.15) is 0 Å². The fourth-order valence-corrected chi connectivity index (χ4v) is 1.10. The molecule has 1 unspecified atom stereocenters. The maximum atomic E-state index is 11.6. The number of hydrogen-bond donors (Lipinski definition) is 2. The molecule has 16 heavy (non-hydrogen) atoms. The Labute approximate surface area is 92.6 Å². The van der Waals surface area contributed by atoms with Gasteiger partial charge in [0.1, 0.15) is 0 Å². The molecule has 1 rings (SSSR count). The number of nitrogens with two attached hydrogens (primary N) is 1. The molecule has 0 aliphatic heterocycles. The molecule has 0 aromatic heterocycles. The second-order valence-corrected chi connectivity index (χ2v) is 3.41. The summed E-state index contributed by atoms with van der Waals surface area (Å²) < 4.78 is 0. The van der Waals surface area contributed by atoms with E-state index in [1.165, 1.54) is 24.3 Å². The summed E-state index contributed by atoms with van der Waals surface area (Å²) in [5.41, 5.74) is 5.70. The molecule has 1 atom stereocenters. The van der Waals surface area contributed by atoms with Gasteiger partial charge < -0.3 is 11.1 Å². The molecule has 0 radical (unpaired) electrons. The van der Waals surface area contributed by atoms with Crippen LogP contribution in [0.4, 0.5) is 5.69 Å². The van der Waals surface area contributed by atoms with E-state index in [2.05, 4.69) is 5.32 Å². The number of hydrogen-bond acceptors (Lipinski definition) is 4. The number of nitrogens with one attached hydrogen (secondary N) is 1. The number of nitro benzene ring substituents is 1. The normalized spacial score (nSPS) is 11.9. The monoisotopic (exact) mass is 223 g/mol. The largest absolute Gasteiger partial charge is 0.348 e. The van der Waals surface area contributed by atoms with Crippen LogP contribution in [0.3, 0.4) is 0 Å². The molecule has 6 heteroatoms. The average molecular weight is 223 g/mol. The maximum absolute atomic E-state index is 11.6. The van der Waals surface area contributed by atoms with Crippen molar-refractivity contribution in [1.29, 1.82) is 0 Å². The molecule has 1 amide bonds. The summed E-state index contributed by atoms with van der Waals surface area (Å²) in [5.74, 6) is -0.284. The van der Waals surface area contributed by atoms with Gasteiger partial charge in [0, 0.05) is 30.3 Å². The highest BCUT2D eigenvalue weighted by atomic mass is 16.6. The Kier molecular flexibility index (Phi) is 3.96. The lowest BCUT2D eigenvalue weighted by atomic mass is 10.2. The van der Waals surface area contributed by atoms with Crippen molar-refractivity contribution in [2.75, 3.05) is 6.54 Å². The molecule has 0 saturated carbocycles. The van der Waals surface area contributed by atoms with Crippen LogP contribution in [0.15, 0.2) is 24.3 Å². The van der Waals surface area contributed by atoms with Crippen molar-refractivity contribution in [2.45, 2.75) is 13.0 Å². The second kappa shape index (κ2) is 5.22. The van der Waals surface area contributed by atoms with Crippen molar-refractivity contribution in [3.63, 3.8) is 0 Å². The van der Waals surface area contributed by atoms with Crippen LogP contribution in [-0.4, -0.2) is 23.4 Å². The number of amides is 1. The summed E-state index contributed by atoms with van der Waals surface area (Å²) in [4.78, 5) is 21.4. The van der Waals surface area contributed by atoms with Crippen LogP contribution < -0.4 is 11.1 Å². The quantitative estimate of drug-likeness (QED) is 0.579. The maximum Gasteiger partial charge on any atom is 0.269 e. The molecule has 0 saturated heterocycles. The Morgan fingerprint density at radius 2 is 2.06 bits per heavy atom. The fourth-order valence-electron chi connectivity index (χ4n) is 1.10. The number of non-ortho nitro benzene ring substituents is 1. The van der Waals surface area contributed by atoms with Gasteiger partial charge in [-0.15, -0.1) is 0 Å². The smallest absolute Gasteiger partial charge is 0.269 e. The molecule has 0 fully saturated rings. The van der Waals surface area contributed by atoms with E-state index in [-0.39, 0.29) is 17.6 Å². The molecular formula is C10H13N3O3. The first-order valence-electron chi connectivity index (χ1n) is 4.80. The molecule has 0 bridgehead atoms. The first kappa shape index (κ1) is 12.1. The molecule has 0 heterocycles. The first-order valence-corrected chi connectivity index (χ1v) is 4.80. The minimum atomic E-state index is -0.510. The van der Waals surface area contributed by atoms with Crippen LogP contribution in [-0.2, 0) is 0 Å². The van der Waals surface area contributed by atoms with Crippen LogP contribution >= 0.6 is 0 Å². The molecule has 3 N–H and O–H groups in total. The molecular weight excluding hydrogens is 210 g/mol. The third-order valence-electron chi connectivity index (χ3n) is 2.07. The first-order chi connectivity index (χ1) is 7.54. The van der Waals surface area contributed by atoms with E-state index in [4.69, 9.17) is 5.73 Å². The van der Waals surface area contributed by atoms with E-state index in [9.17, 15) is 14.9 Å². The van der Waals surface area contributed by atoms with E-state index in [0.29, 0.717) is 12.1 Å². The lowest BCUT2D eigenvalue weighted by Gasteiger charge is -2.10. The highest BCUT2D eigenvalue weighted by Crippen LogP contribution is 2.11. The summed E-state index contributed by atoms with van der Waals surface area (Å²) in [7, 11) is 0. The van der Waals surface area contributed by atoms with E-state index in [1.54, 1.807) is 6.92 Å². The zero-order valence-corrected chi connectivity index (χ0v) is 8.84. The molecule has 0 aliphatic rings. The number of carbonyl (C=O) groups excluding carboxylic acids is 1. The third kappa shape index (κ3) is 3.03. The lowest BCUT2D eigenvalue weighted by molar-refractivity contribution is -0.384. The van der Waals surface area contributed by atoms with Gasteiger partial charge in [-0.3, -0.25) is 14.9 Å². The van der Waals surface area contributed by atoms with Crippen LogP contribution in [0.5, 0.6) is 0 Å². The lowest BCUT2D eigenvalue weighted by Crippen LogP contribution is -2.37. The topological polar surface area (TPSA) is 98.3 Å². The highest BCUT2D eigenvalue weighted by molar-refractivity contribution is 5.94. The average Bonchev–Trinajstić information content (AvgIpc) is 2.28. The zero-order valence-electron chi connectivity index (χ0n) is 8.84. The molecule has 0 aliphatic carbocycles. The van der Waals surface area contributed by atoms with Gasteiger partial charge in [0.15, 0.2) is 0 Å². The molecule has 0 spiro atoms. The van der Waals surface area contributed by atoms with E-state index < -0.39 is 4.92 Å². The van der Waals surface area contributed by atoms with Crippen molar-refractivity contribution in [1.82, 2.24) is 5.32 Å². The Morgan fingerprint density at radius 3 is 2.50 bits per heavy atom. The number of nitrogens with zero attached hydrogens (tertiary/aromatic N) is 1.